The summed E-state index contributed by atoms with van der Waals surface area (Å²) in [4.78, 5) is 14.7. The molecule has 2 aliphatic rings. The van der Waals surface area contributed by atoms with E-state index in [-0.39, 0.29) is 25.0 Å². The molecule has 1 N–H and O–H groups in total. The number of nitrogens with zero attached hydrogens (tertiary/aromatic N) is 2. The lowest BCUT2D eigenvalue weighted by molar-refractivity contribution is -0.190. The Morgan fingerprint density at radius 3 is 2.74 bits per heavy atom. The molecule has 1 amide bonds. The largest absolute Gasteiger partial charge is 0.405 e. The van der Waals surface area contributed by atoms with E-state index in [4.69, 9.17) is 0 Å². The fraction of sp³-hybridized carbons (Fsp3) is 0.917. The zero-order chi connectivity index (χ0) is 14.0. The molecule has 19 heavy (non-hydrogen) atoms. The quantitative estimate of drug-likeness (QED) is 0.813. The van der Waals surface area contributed by atoms with Crippen molar-refractivity contribution in [3.8, 4) is 0 Å². The van der Waals surface area contributed by atoms with E-state index in [1.54, 1.807) is 0 Å². The SMILES string of the molecule is CN1CCCCC1CN1CC(=O)NCC1C(F)(F)F. The highest BCUT2D eigenvalue weighted by Crippen LogP contribution is 2.27. The van der Waals surface area contributed by atoms with Crippen LogP contribution in [0.1, 0.15) is 19.3 Å². The topological polar surface area (TPSA) is 35.6 Å². The smallest absolute Gasteiger partial charge is 0.353 e. The predicted octanol–water partition coefficient (Wildman–Crippen LogP) is 0.833. The van der Waals surface area contributed by atoms with Crippen molar-refractivity contribution in [1.29, 1.82) is 0 Å². The average Bonchev–Trinajstić information content (AvgIpc) is 2.30. The van der Waals surface area contributed by atoms with Gasteiger partial charge in [0.2, 0.25) is 5.91 Å². The van der Waals surface area contributed by atoms with Crippen LogP contribution in [0.2, 0.25) is 0 Å². The molecule has 0 radical (unpaired) electrons. The molecule has 2 atom stereocenters. The fourth-order valence-electron chi connectivity index (χ4n) is 2.85. The molecule has 2 heterocycles. The molecule has 0 spiro atoms. The van der Waals surface area contributed by atoms with Gasteiger partial charge in [0.1, 0.15) is 6.04 Å². The summed E-state index contributed by atoms with van der Waals surface area (Å²) in [5, 5.41) is 2.30. The molecule has 2 aliphatic heterocycles. The van der Waals surface area contributed by atoms with Crippen molar-refractivity contribution >= 4 is 5.91 Å². The number of likely N-dealkylation sites (N-methyl/N-ethyl adjacent to an activating group) is 1. The zero-order valence-electron chi connectivity index (χ0n) is 11.0. The van der Waals surface area contributed by atoms with Crippen LogP contribution in [-0.4, -0.2) is 67.2 Å². The Morgan fingerprint density at radius 1 is 1.37 bits per heavy atom. The molecule has 2 rings (SSSR count). The predicted molar refractivity (Wildman–Crippen MR) is 64.7 cm³/mol. The first kappa shape index (κ1) is 14.6. The summed E-state index contributed by atoms with van der Waals surface area (Å²) < 4.78 is 38.9. The summed E-state index contributed by atoms with van der Waals surface area (Å²) in [7, 11) is 1.94. The Labute approximate surface area is 110 Å². The molecule has 2 saturated heterocycles. The van der Waals surface area contributed by atoms with Gasteiger partial charge in [-0.2, -0.15) is 13.2 Å². The van der Waals surface area contributed by atoms with E-state index in [1.165, 1.54) is 4.90 Å². The van der Waals surface area contributed by atoms with Gasteiger partial charge in [0.15, 0.2) is 0 Å². The van der Waals surface area contributed by atoms with Crippen LogP contribution in [0.15, 0.2) is 0 Å². The Balaban J connectivity index is 2.03. The van der Waals surface area contributed by atoms with Crippen LogP contribution in [0.3, 0.4) is 0 Å². The number of piperidine rings is 1. The molecule has 2 fully saturated rings. The maximum absolute atomic E-state index is 13.0. The van der Waals surface area contributed by atoms with Gasteiger partial charge in [-0.3, -0.25) is 9.69 Å². The van der Waals surface area contributed by atoms with Gasteiger partial charge in [0, 0.05) is 19.1 Å². The van der Waals surface area contributed by atoms with Crippen LogP contribution in [0.25, 0.3) is 0 Å². The van der Waals surface area contributed by atoms with E-state index in [0.717, 1.165) is 25.8 Å². The maximum atomic E-state index is 13.0. The minimum absolute atomic E-state index is 0.115. The van der Waals surface area contributed by atoms with E-state index in [0.29, 0.717) is 6.54 Å². The highest BCUT2D eigenvalue weighted by molar-refractivity contribution is 5.78. The normalized spacial score (nSPS) is 31.3. The first-order valence-corrected chi connectivity index (χ1v) is 6.65. The van der Waals surface area contributed by atoms with Crippen molar-refractivity contribution < 1.29 is 18.0 Å². The summed E-state index contributed by atoms with van der Waals surface area (Å²) in [6.45, 7) is 0.739. The number of hydrogen-bond donors (Lipinski definition) is 1. The fourth-order valence-corrected chi connectivity index (χ4v) is 2.85. The van der Waals surface area contributed by atoms with E-state index in [2.05, 4.69) is 10.2 Å². The van der Waals surface area contributed by atoms with Crippen LogP contribution >= 0.6 is 0 Å². The Morgan fingerprint density at radius 2 is 2.11 bits per heavy atom. The molecule has 7 heteroatoms. The number of carbonyl (C=O) groups is 1. The number of halogens is 3. The summed E-state index contributed by atoms with van der Waals surface area (Å²) >= 11 is 0. The first-order valence-electron chi connectivity index (χ1n) is 6.65. The van der Waals surface area contributed by atoms with Crippen molar-refractivity contribution in [1.82, 2.24) is 15.1 Å². The van der Waals surface area contributed by atoms with Crippen molar-refractivity contribution in [2.24, 2.45) is 0 Å². The van der Waals surface area contributed by atoms with E-state index in [9.17, 15) is 18.0 Å². The summed E-state index contributed by atoms with van der Waals surface area (Å²) in [5.41, 5.74) is 0. The van der Waals surface area contributed by atoms with Gasteiger partial charge in [-0.25, -0.2) is 0 Å². The Kier molecular flexibility index (Phi) is 4.35. The second-order valence-corrected chi connectivity index (χ2v) is 5.42. The van der Waals surface area contributed by atoms with Gasteiger partial charge < -0.3 is 10.2 Å². The van der Waals surface area contributed by atoms with E-state index < -0.39 is 12.2 Å². The first-order chi connectivity index (χ1) is 8.88. The molecule has 0 aromatic carbocycles. The monoisotopic (exact) mass is 279 g/mol. The van der Waals surface area contributed by atoms with Gasteiger partial charge in [0.05, 0.1) is 6.54 Å². The van der Waals surface area contributed by atoms with Crippen LogP contribution in [-0.2, 0) is 4.79 Å². The van der Waals surface area contributed by atoms with Crippen LogP contribution in [0.4, 0.5) is 13.2 Å². The second kappa shape index (κ2) is 5.66. The lowest BCUT2D eigenvalue weighted by Crippen LogP contribution is -2.62. The number of rotatable bonds is 2. The Hall–Kier alpha value is -0.820. The van der Waals surface area contributed by atoms with Gasteiger partial charge >= 0.3 is 6.18 Å². The number of alkyl halides is 3. The van der Waals surface area contributed by atoms with Crippen molar-refractivity contribution in [2.75, 3.05) is 33.2 Å². The molecule has 0 aromatic rings. The number of piperazine rings is 1. The molecule has 2 unspecified atom stereocenters. The lowest BCUT2D eigenvalue weighted by Gasteiger charge is -2.41. The zero-order valence-corrected chi connectivity index (χ0v) is 11.0. The Bertz CT molecular complexity index is 335. The third-order valence-electron chi connectivity index (χ3n) is 4.02. The van der Waals surface area contributed by atoms with Crippen molar-refractivity contribution in [3.05, 3.63) is 0 Å². The highest BCUT2D eigenvalue weighted by Gasteiger charge is 2.46. The maximum Gasteiger partial charge on any atom is 0.405 e. The molecular formula is C12H20F3N3O. The van der Waals surface area contributed by atoms with Gasteiger partial charge in [-0.15, -0.1) is 0 Å². The minimum atomic E-state index is -4.29. The molecule has 0 aliphatic carbocycles. The lowest BCUT2D eigenvalue weighted by atomic mass is 10.0. The molecule has 110 valence electrons. The number of carbonyl (C=O) groups excluding carboxylic acids is 1. The molecule has 4 nitrogen and oxygen atoms in total. The van der Waals surface area contributed by atoms with E-state index in [1.807, 2.05) is 7.05 Å². The van der Waals surface area contributed by atoms with Crippen LogP contribution in [0.5, 0.6) is 0 Å². The standard InChI is InChI=1S/C12H20F3N3O/c1-17-5-3-2-4-9(17)7-18-8-11(19)16-6-10(18)12(13,14)15/h9-10H,2-8H2,1H3,(H,16,19). The van der Waals surface area contributed by atoms with Crippen molar-refractivity contribution in [3.63, 3.8) is 0 Å². The second-order valence-electron chi connectivity index (χ2n) is 5.42. The van der Waals surface area contributed by atoms with Gasteiger partial charge in [0.25, 0.3) is 0 Å². The third kappa shape index (κ3) is 3.60. The number of likely N-dealkylation sites (tertiary alicyclic amines) is 1. The number of nitrogens with one attached hydrogen (secondary N) is 1. The van der Waals surface area contributed by atoms with Crippen molar-refractivity contribution in [2.45, 2.75) is 37.5 Å². The molecule has 0 saturated carbocycles. The highest BCUT2D eigenvalue weighted by atomic mass is 19.4. The van der Waals surface area contributed by atoms with Gasteiger partial charge in [-0.05, 0) is 26.4 Å². The third-order valence-corrected chi connectivity index (χ3v) is 4.02. The summed E-state index contributed by atoms with van der Waals surface area (Å²) in [5.74, 6) is -0.320. The van der Waals surface area contributed by atoms with Crippen LogP contribution in [0, 0.1) is 0 Å². The summed E-state index contributed by atoms with van der Waals surface area (Å²) in [6, 6.07) is -1.44. The average molecular weight is 279 g/mol. The number of amides is 1. The molecule has 0 aromatic heterocycles. The van der Waals surface area contributed by atoms with Crippen LogP contribution < -0.4 is 5.32 Å². The van der Waals surface area contributed by atoms with E-state index >= 15 is 0 Å². The molecule has 0 bridgehead atoms. The number of hydrogen-bond acceptors (Lipinski definition) is 3. The van der Waals surface area contributed by atoms with Gasteiger partial charge in [-0.1, -0.05) is 6.42 Å². The summed E-state index contributed by atoms with van der Waals surface area (Å²) in [6.07, 6.45) is -1.25. The minimum Gasteiger partial charge on any atom is -0.353 e. The molecular weight excluding hydrogens is 259 g/mol.